The smallest absolute Gasteiger partial charge is 0.336 e. The van der Waals surface area contributed by atoms with Crippen LogP contribution in [0.5, 0.6) is 0 Å². The number of hydrogen-bond donors (Lipinski definition) is 2. The molecule has 0 bridgehead atoms. The monoisotopic (exact) mass is 279 g/mol. The average molecular weight is 279 g/mol. The standard InChI is InChI=1S/C15H21NO4/c1-15(2)10-16(8-12(9-17)20-15)7-11-5-3-4-6-13(11)14(18)19/h3-6,12,17H,7-10H2,1-2H3,(H,18,19). The topological polar surface area (TPSA) is 70.0 Å². The van der Waals surface area contributed by atoms with Gasteiger partial charge >= 0.3 is 5.97 Å². The molecule has 2 N–H and O–H groups in total. The van der Waals surface area contributed by atoms with Crippen LogP contribution in [0.4, 0.5) is 0 Å². The SMILES string of the molecule is CC1(C)CN(Cc2ccccc2C(=O)O)CC(CO)O1. The first-order valence-corrected chi connectivity index (χ1v) is 6.73. The molecule has 1 saturated heterocycles. The molecule has 0 aromatic heterocycles. The van der Waals surface area contributed by atoms with Gasteiger partial charge < -0.3 is 14.9 Å². The summed E-state index contributed by atoms with van der Waals surface area (Å²) >= 11 is 0. The first-order chi connectivity index (χ1) is 9.41. The highest BCUT2D eigenvalue weighted by molar-refractivity contribution is 5.89. The first-order valence-electron chi connectivity index (χ1n) is 6.73. The van der Waals surface area contributed by atoms with Gasteiger partial charge in [0, 0.05) is 19.6 Å². The number of hydrogen-bond acceptors (Lipinski definition) is 4. The van der Waals surface area contributed by atoms with E-state index < -0.39 is 5.97 Å². The summed E-state index contributed by atoms with van der Waals surface area (Å²) in [5.41, 5.74) is 0.774. The molecule has 0 radical (unpaired) electrons. The van der Waals surface area contributed by atoms with Gasteiger partial charge in [0.15, 0.2) is 0 Å². The van der Waals surface area contributed by atoms with Crippen molar-refractivity contribution in [1.82, 2.24) is 4.90 Å². The number of morpholine rings is 1. The van der Waals surface area contributed by atoms with E-state index in [1.165, 1.54) is 0 Å². The Balaban J connectivity index is 2.15. The molecule has 1 fully saturated rings. The molecule has 1 heterocycles. The Hall–Kier alpha value is -1.43. The normalized spacial score (nSPS) is 22.6. The van der Waals surface area contributed by atoms with Crippen molar-refractivity contribution in [3.8, 4) is 0 Å². The van der Waals surface area contributed by atoms with Crippen molar-refractivity contribution in [2.75, 3.05) is 19.7 Å². The van der Waals surface area contributed by atoms with E-state index in [9.17, 15) is 15.0 Å². The Morgan fingerprint density at radius 2 is 2.15 bits per heavy atom. The van der Waals surface area contributed by atoms with Crippen molar-refractivity contribution < 1.29 is 19.7 Å². The molecule has 1 aliphatic rings. The Bertz CT molecular complexity index is 487. The molecule has 1 aliphatic heterocycles. The minimum Gasteiger partial charge on any atom is -0.478 e. The first kappa shape index (κ1) is 15.0. The van der Waals surface area contributed by atoms with Gasteiger partial charge in [0.2, 0.25) is 0 Å². The molecule has 20 heavy (non-hydrogen) atoms. The second kappa shape index (κ2) is 5.91. The maximum Gasteiger partial charge on any atom is 0.336 e. The maximum absolute atomic E-state index is 11.2. The Labute approximate surface area is 118 Å². The molecule has 0 aliphatic carbocycles. The van der Waals surface area contributed by atoms with E-state index in [0.717, 1.165) is 5.56 Å². The minimum absolute atomic E-state index is 0.0273. The lowest BCUT2D eigenvalue weighted by atomic mass is 10.0. The molecule has 0 saturated carbocycles. The van der Waals surface area contributed by atoms with E-state index in [-0.39, 0.29) is 18.3 Å². The van der Waals surface area contributed by atoms with Crippen LogP contribution in [0.15, 0.2) is 24.3 Å². The largest absolute Gasteiger partial charge is 0.478 e. The number of aliphatic hydroxyl groups is 1. The van der Waals surface area contributed by atoms with Crippen LogP contribution in [-0.2, 0) is 11.3 Å². The predicted octanol–water partition coefficient (Wildman–Crippen LogP) is 1.36. The number of aromatic carboxylic acids is 1. The number of carbonyl (C=O) groups is 1. The van der Waals surface area contributed by atoms with Crippen LogP contribution in [-0.4, -0.2) is 52.5 Å². The van der Waals surface area contributed by atoms with Crippen molar-refractivity contribution in [2.24, 2.45) is 0 Å². The highest BCUT2D eigenvalue weighted by Gasteiger charge is 2.33. The third kappa shape index (κ3) is 3.56. The third-order valence-electron chi connectivity index (χ3n) is 3.40. The summed E-state index contributed by atoms with van der Waals surface area (Å²) in [5, 5.41) is 18.5. The lowest BCUT2D eigenvalue weighted by Crippen LogP contribution is -2.53. The van der Waals surface area contributed by atoms with E-state index in [1.807, 2.05) is 26.0 Å². The number of nitrogens with zero attached hydrogens (tertiary/aromatic N) is 1. The number of rotatable bonds is 4. The second-order valence-corrected chi connectivity index (χ2v) is 5.81. The number of carboxylic acids is 1. The summed E-state index contributed by atoms with van der Waals surface area (Å²) < 4.78 is 5.76. The van der Waals surface area contributed by atoms with Crippen LogP contribution in [0.25, 0.3) is 0 Å². The second-order valence-electron chi connectivity index (χ2n) is 5.81. The highest BCUT2D eigenvalue weighted by Crippen LogP contribution is 2.23. The number of aliphatic hydroxyl groups excluding tert-OH is 1. The predicted molar refractivity (Wildman–Crippen MR) is 74.7 cm³/mol. The van der Waals surface area contributed by atoms with E-state index in [0.29, 0.717) is 25.2 Å². The molecular weight excluding hydrogens is 258 g/mol. The van der Waals surface area contributed by atoms with Crippen molar-refractivity contribution >= 4 is 5.97 Å². The fraction of sp³-hybridized carbons (Fsp3) is 0.533. The van der Waals surface area contributed by atoms with Crippen LogP contribution in [0.1, 0.15) is 29.8 Å². The Kier molecular flexibility index (Phi) is 4.42. The molecular formula is C15H21NO4. The molecule has 2 rings (SSSR count). The molecule has 1 atom stereocenters. The molecule has 1 aromatic rings. The van der Waals surface area contributed by atoms with E-state index in [1.54, 1.807) is 12.1 Å². The quantitative estimate of drug-likeness (QED) is 0.871. The molecule has 0 amide bonds. The van der Waals surface area contributed by atoms with Gasteiger partial charge in [-0.05, 0) is 25.5 Å². The Morgan fingerprint density at radius 3 is 2.80 bits per heavy atom. The molecule has 0 spiro atoms. The van der Waals surface area contributed by atoms with Gasteiger partial charge in [0.25, 0.3) is 0 Å². The zero-order valence-electron chi connectivity index (χ0n) is 11.9. The van der Waals surface area contributed by atoms with Crippen LogP contribution < -0.4 is 0 Å². The van der Waals surface area contributed by atoms with Crippen LogP contribution >= 0.6 is 0 Å². The van der Waals surface area contributed by atoms with Crippen LogP contribution in [0.2, 0.25) is 0 Å². The van der Waals surface area contributed by atoms with Gasteiger partial charge in [0.1, 0.15) is 0 Å². The summed E-state index contributed by atoms with van der Waals surface area (Å²) in [4.78, 5) is 13.4. The van der Waals surface area contributed by atoms with Gasteiger partial charge in [-0.15, -0.1) is 0 Å². The summed E-state index contributed by atoms with van der Waals surface area (Å²) in [5.74, 6) is -0.910. The van der Waals surface area contributed by atoms with Crippen LogP contribution in [0.3, 0.4) is 0 Å². The highest BCUT2D eigenvalue weighted by atomic mass is 16.5. The number of benzene rings is 1. The number of carboxylic acid groups (broad SMARTS) is 1. The zero-order chi connectivity index (χ0) is 14.8. The third-order valence-corrected chi connectivity index (χ3v) is 3.40. The van der Waals surface area contributed by atoms with Gasteiger partial charge in [0.05, 0.1) is 23.9 Å². The maximum atomic E-state index is 11.2. The van der Waals surface area contributed by atoms with Gasteiger partial charge in [-0.1, -0.05) is 18.2 Å². The molecule has 5 heteroatoms. The van der Waals surface area contributed by atoms with Crippen LogP contribution in [0, 0.1) is 0 Å². The van der Waals surface area contributed by atoms with Crippen molar-refractivity contribution in [2.45, 2.75) is 32.1 Å². The summed E-state index contributed by atoms with van der Waals surface area (Å²) in [6.45, 7) is 5.79. The summed E-state index contributed by atoms with van der Waals surface area (Å²) in [7, 11) is 0. The van der Waals surface area contributed by atoms with E-state index in [2.05, 4.69) is 4.90 Å². The van der Waals surface area contributed by atoms with E-state index in [4.69, 9.17) is 4.74 Å². The molecule has 110 valence electrons. The fourth-order valence-electron chi connectivity index (χ4n) is 2.74. The summed E-state index contributed by atoms with van der Waals surface area (Å²) in [6, 6.07) is 7.02. The van der Waals surface area contributed by atoms with Gasteiger partial charge in [-0.2, -0.15) is 0 Å². The summed E-state index contributed by atoms with van der Waals surface area (Å²) in [6.07, 6.45) is -0.226. The molecule has 5 nitrogen and oxygen atoms in total. The van der Waals surface area contributed by atoms with Gasteiger partial charge in [-0.25, -0.2) is 4.79 Å². The van der Waals surface area contributed by atoms with Crippen molar-refractivity contribution in [3.05, 3.63) is 35.4 Å². The number of ether oxygens (including phenoxy) is 1. The fourth-order valence-corrected chi connectivity index (χ4v) is 2.74. The van der Waals surface area contributed by atoms with Crippen molar-refractivity contribution in [3.63, 3.8) is 0 Å². The minimum atomic E-state index is -0.910. The van der Waals surface area contributed by atoms with Crippen molar-refractivity contribution in [1.29, 1.82) is 0 Å². The molecule has 1 aromatic carbocycles. The Morgan fingerprint density at radius 1 is 1.45 bits per heavy atom. The van der Waals surface area contributed by atoms with E-state index >= 15 is 0 Å². The lowest BCUT2D eigenvalue weighted by Gasteiger charge is -2.42. The molecule has 1 unspecified atom stereocenters. The zero-order valence-corrected chi connectivity index (χ0v) is 11.9. The lowest BCUT2D eigenvalue weighted by molar-refractivity contribution is -0.150. The average Bonchev–Trinajstić information content (AvgIpc) is 2.37. The van der Waals surface area contributed by atoms with Gasteiger partial charge in [-0.3, -0.25) is 4.90 Å².